The first kappa shape index (κ1) is 16.1. The Morgan fingerprint density at radius 1 is 1.28 bits per heavy atom. The molecule has 2 aromatic rings. The molecule has 0 aromatic heterocycles. The number of hydrogen-bond donors (Lipinski definition) is 2. The third-order valence-corrected chi connectivity index (χ3v) is 5.37. The van der Waals surface area contributed by atoms with E-state index in [1.165, 1.54) is 22.4 Å². The molecule has 2 aromatic carbocycles. The summed E-state index contributed by atoms with van der Waals surface area (Å²) in [6.07, 6.45) is 0.889. The van der Waals surface area contributed by atoms with Crippen molar-refractivity contribution >= 4 is 22.6 Å². The summed E-state index contributed by atoms with van der Waals surface area (Å²) in [6.45, 7) is 2.12. The lowest BCUT2D eigenvalue weighted by Crippen LogP contribution is -2.26. The highest BCUT2D eigenvalue weighted by atomic mass is 32.2. The molecule has 1 heterocycles. The van der Waals surface area contributed by atoms with Crippen LogP contribution in [0.2, 0.25) is 0 Å². The number of hydrogen-bond acceptors (Lipinski definition) is 5. The van der Waals surface area contributed by atoms with Gasteiger partial charge in [-0.1, -0.05) is 49.0 Å². The maximum atomic E-state index is 9.91. The molecule has 1 unspecified atom stereocenters. The number of fused-ring (bicyclic) bond motifs is 2. The lowest BCUT2D eigenvalue weighted by molar-refractivity contribution is 0.372. The van der Waals surface area contributed by atoms with Crippen molar-refractivity contribution in [2.45, 2.75) is 19.4 Å². The van der Waals surface area contributed by atoms with Gasteiger partial charge in [-0.15, -0.1) is 0 Å². The predicted octanol–water partition coefficient (Wildman–Crippen LogP) is 4.12. The molecule has 1 aliphatic carbocycles. The first-order valence-electron chi connectivity index (χ1n) is 8.37. The van der Waals surface area contributed by atoms with Gasteiger partial charge in [-0.3, -0.25) is 0 Å². The molecule has 1 aliphatic heterocycles. The van der Waals surface area contributed by atoms with E-state index in [0.717, 1.165) is 22.9 Å². The average Bonchev–Trinajstić information content (AvgIpc) is 3.01. The molecule has 0 bridgehead atoms. The molecule has 0 radical (unpaired) electrons. The summed E-state index contributed by atoms with van der Waals surface area (Å²) >= 11 is 1.71. The SMILES string of the molecule is CCSC1=NC(c2ccc(O)c(OC)c2)C2=C(N1)c1ccccc1C2. The number of methoxy groups -OCH3 is 1. The highest BCUT2D eigenvalue weighted by Gasteiger charge is 2.32. The second kappa shape index (κ2) is 6.48. The van der Waals surface area contributed by atoms with E-state index >= 15 is 0 Å². The number of aromatic hydroxyl groups is 1. The third kappa shape index (κ3) is 2.78. The van der Waals surface area contributed by atoms with Crippen molar-refractivity contribution in [2.75, 3.05) is 12.9 Å². The number of phenols is 1. The van der Waals surface area contributed by atoms with Crippen molar-refractivity contribution in [3.8, 4) is 11.5 Å². The molecule has 1 atom stereocenters. The summed E-state index contributed by atoms with van der Waals surface area (Å²) in [5.74, 6) is 1.59. The highest BCUT2D eigenvalue weighted by molar-refractivity contribution is 8.13. The summed E-state index contributed by atoms with van der Waals surface area (Å²) < 4.78 is 5.29. The van der Waals surface area contributed by atoms with E-state index in [4.69, 9.17) is 9.73 Å². The average molecular weight is 352 g/mol. The van der Waals surface area contributed by atoms with Gasteiger partial charge in [0, 0.05) is 11.3 Å². The van der Waals surface area contributed by atoms with Gasteiger partial charge >= 0.3 is 0 Å². The Bertz CT molecular complexity index is 889. The number of nitrogens with zero attached hydrogens (tertiary/aromatic N) is 1. The molecule has 0 saturated heterocycles. The molecule has 0 saturated carbocycles. The lowest BCUT2D eigenvalue weighted by atomic mass is 9.96. The number of phenolic OH excluding ortho intramolecular Hbond substituents is 1. The summed E-state index contributed by atoms with van der Waals surface area (Å²) in [5.41, 5.74) is 6.07. The van der Waals surface area contributed by atoms with Crippen molar-refractivity contribution in [3.05, 3.63) is 64.7 Å². The lowest BCUT2D eigenvalue weighted by Gasteiger charge is -2.25. The van der Waals surface area contributed by atoms with Crippen LogP contribution in [0.1, 0.15) is 29.7 Å². The van der Waals surface area contributed by atoms with E-state index in [2.05, 4.69) is 36.5 Å². The molecule has 25 heavy (non-hydrogen) atoms. The van der Waals surface area contributed by atoms with Crippen LogP contribution in [0, 0.1) is 0 Å². The fraction of sp³-hybridized carbons (Fsp3) is 0.250. The number of nitrogens with one attached hydrogen (secondary N) is 1. The quantitative estimate of drug-likeness (QED) is 0.872. The molecule has 2 aliphatic rings. The zero-order valence-electron chi connectivity index (χ0n) is 14.2. The molecule has 5 heteroatoms. The van der Waals surface area contributed by atoms with Gasteiger partial charge in [0.05, 0.1) is 7.11 Å². The summed E-state index contributed by atoms with van der Waals surface area (Å²) in [6, 6.07) is 13.9. The van der Waals surface area contributed by atoms with Crippen molar-refractivity contribution in [1.29, 1.82) is 0 Å². The zero-order valence-corrected chi connectivity index (χ0v) is 15.1. The van der Waals surface area contributed by atoms with Crippen LogP contribution in [0.25, 0.3) is 5.70 Å². The molecule has 2 N–H and O–H groups in total. The Hall–Kier alpha value is -2.40. The molecule has 0 amide bonds. The minimum absolute atomic E-state index is 0.0628. The van der Waals surface area contributed by atoms with Crippen LogP contribution in [0.4, 0.5) is 0 Å². The van der Waals surface area contributed by atoms with E-state index in [9.17, 15) is 5.11 Å². The smallest absolute Gasteiger partial charge is 0.161 e. The number of ether oxygens (including phenoxy) is 1. The van der Waals surface area contributed by atoms with Gasteiger partial charge in [-0.2, -0.15) is 0 Å². The van der Waals surface area contributed by atoms with Gasteiger partial charge in [-0.05, 0) is 41.0 Å². The molecular formula is C20H20N2O2S. The van der Waals surface area contributed by atoms with Gasteiger partial charge in [0.15, 0.2) is 16.7 Å². The van der Waals surface area contributed by atoms with Crippen LogP contribution in [0.15, 0.2) is 53.0 Å². The van der Waals surface area contributed by atoms with Crippen molar-refractivity contribution in [2.24, 2.45) is 4.99 Å². The summed E-state index contributed by atoms with van der Waals surface area (Å²) in [5, 5.41) is 14.4. The fourth-order valence-corrected chi connectivity index (χ4v) is 4.08. The van der Waals surface area contributed by atoms with Crippen LogP contribution in [-0.4, -0.2) is 23.1 Å². The molecule has 0 spiro atoms. The second-order valence-corrected chi connectivity index (χ2v) is 7.31. The minimum Gasteiger partial charge on any atom is -0.504 e. The largest absolute Gasteiger partial charge is 0.504 e. The highest BCUT2D eigenvalue weighted by Crippen LogP contribution is 2.44. The van der Waals surface area contributed by atoms with Crippen molar-refractivity contribution in [1.82, 2.24) is 5.32 Å². The maximum absolute atomic E-state index is 9.91. The van der Waals surface area contributed by atoms with Crippen molar-refractivity contribution in [3.63, 3.8) is 0 Å². The normalized spacial score (nSPS) is 18.3. The first-order valence-corrected chi connectivity index (χ1v) is 9.35. The number of benzene rings is 2. The standard InChI is InChI=1S/C20H20N2O2S/c1-3-25-20-21-18(13-8-9-16(23)17(11-13)24-2)15-10-12-6-4-5-7-14(12)19(15)22-20/h4-9,11,18,23H,3,10H2,1-2H3,(H,21,22). The van der Waals surface area contributed by atoms with Crippen molar-refractivity contribution < 1.29 is 9.84 Å². The van der Waals surface area contributed by atoms with E-state index in [1.807, 2.05) is 12.1 Å². The van der Waals surface area contributed by atoms with Crippen LogP contribution < -0.4 is 10.1 Å². The van der Waals surface area contributed by atoms with Crippen LogP contribution in [0.5, 0.6) is 11.5 Å². The van der Waals surface area contributed by atoms with Crippen LogP contribution in [0.3, 0.4) is 0 Å². The fourth-order valence-electron chi connectivity index (χ4n) is 3.45. The van der Waals surface area contributed by atoms with E-state index in [-0.39, 0.29) is 11.8 Å². The Morgan fingerprint density at radius 2 is 2.12 bits per heavy atom. The summed E-state index contributed by atoms with van der Waals surface area (Å²) in [7, 11) is 1.57. The maximum Gasteiger partial charge on any atom is 0.161 e. The monoisotopic (exact) mass is 352 g/mol. The predicted molar refractivity (Wildman–Crippen MR) is 103 cm³/mol. The van der Waals surface area contributed by atoms with Gasteiger partial charge in [0.2, 0.25) is 0 Å². The first-order chi connectivity index (χ1) is 12.2. The molecular weight excluding hydrogens is 332 g/mol. The Labute approximate surface area is 151 Å². The summed E-state index contributed by atoms with van der Waals surface area (Å²) in [4.78, 5) is 4.95. The molecule has 128 valence electrons. The number of aliphatic imine (C=N–C) groups is 1. The number of amidine groups is 1. The minimum atomic E-state index is -0.0628. The van der Waals surface area contributed by atoms with Gasteiger partial charge in [0.25, 0.3) is 0 Å². The van der Waals surface area contributed by atoms with Gasteiger partial charge < -0.3 is 15.2 Å². The topological polar surface area (TPSA) is 53.9 Å². The Morgan fingerprint density at radius 3 is 2.92 bits per heavy atom. The number of thioether (sulfide) groups is 1. The molecule has 0 fully saturated rings. The third-order valence-electron chi connectivity index (χ3n) is 4.60. The Kier molecular flexibility index (Phi) is 4.17. The Balaban J connectivity index is 1.80. The van der Waals surface area contributed by atoms with Gasteiger partial charge in [-0.25, -0.2) is 4.99 Å². The molecule has 4 nitrogen and oxygen atoms in total. The van der Waals surface area contributed by atoms with Crippen LogP contribution >= 0.6 is 11.8 Å². The molecule has 4 rings (SSSR count). The van der Waals surface area contributed by atoms with E-state index < -0.39 is 0 Å². The zero-order chi connectivity index (χ0) is 17.4. The van der Waals surface area contributed by atoms with Crippen LogP contribution in [-0.2, 0) is 6.42 Å². The van der Waals surface area contributed by atoms with Gasteiger partial charge in [0.1, 0.15) is 6.04 Å². The second-order valence-electron chi connectivity index (χ2n) is 6.06. The number of rotatable bonds is 3. The van der Waals surface area contributed by atoms with E-state index in [1.54, 1.807) is 24.9 Å². The van der Waals surface area contributed by atoms with E-state index in [0.29, 0.717) is 5.75 Å².